The molecule has 0 aliphatic heterocycles. The van der Waals surface area contributed by atoms with Gasteiger partial charge in [-0.3, -0.25) is 0 Å². The number of allylic oxidation sites excluding steroid dienone is 1. The molecular weight excluding hydrogens is 410 g/mol. The van der Waals surface area contributed by atoms with Crippen molar-refractivity contribution in [2.45, 2.75) is 13.8 Å². The first-order valence-corrected chi connectivity index (χ1v) is 10.2. The SMILES string of the molecule is Cc1cc(/C=C/C#N)cc(C)c1-c1cc(N)cc2c(N)nc(Nc3ccc(C#N)cc3)nc12. The van der Waals surface area contributed by atoms with E-state index >= 15 is 0 Å². The van der Waals surface area contributed by atoms with Gasteiger partial charge >= 0.3 is 0 Å². The zero-order valence-corrected chi connectivity index (χ0v) is 18.2. The van der Waals surface area contributed by atoms with Gasteiger partial charge in [0.05, 0.1) is 23.2 Å². The normalized spacial score (nSPS) is 10.8. The van der Waals surface area contributed by atoms with Crippen molar-refractivity contribution in [3.05, 3.63) is 76.9 Å². The Morgan fingerprint density at radius 2 is 1.64 bits per heavy atom. The number of nitriles is 2. The van der Waals surface area contributed by atoms with Crippen LogP contribution in [0.2, 0.25) is 0 Å². The predicted octanol–water partition coefficient (Wildman–Crippen LogP) is 5.23. The molecule has 0 spiro atoms. The second-order valence-electron chi connectivity index (χ2n) is 7.70. The van der Waals surface area contributed by atoms with Crippen molar-refractivity contribution in [1.29, 1.82) is 10.5 Å². The summed E-state index contributed by atoms with van der Waals surface area (Å²) in [6.45, 7) is 4.03. The van der Waals surface area contributed by atoms with Crippen LogP contribution < -0.4 is 16.8 Å². The molecule has 5 N–H and O–H groups in total. The maximum absolute atomic E-state index is 9.00. The quantitative estimate of drug-likeness (QED) is 0.297. The first kappa shape index (κ1) is 21.4. The average Bonchev–Trinajstić information content (AvgIpc) is 2.78. The Bertz CT molecular complexity index is 1460. The molecule has 4 rings (SSSR count). The van der Waals surface area contributed by atoms with Gasteiger partial charge < -0.3 is 16.8 Å². The summed E-state index contributed by atoms with van der Waals surface area (Å²) in [4.78, 5) is 9.17. The number of hydrogen-bond acceptors (Lipinski definition) is 7. The van der Waals surface area contributed by atoms with Gasteiger partial charge in [0.2, 0.25) is 5.95 Å². The van der Waals surface area contributed by atoms with E-state index in [0.29, 0.717) is 33.9 Å². The van der Waals surface area contributed by atoms with Crippen molar-refractivity contribution < 1.29 is 0 Å². The molecular formula is C26H21N7. The lowest BCUT2D eigenvalue weighted by Crippen LogP contribution is -2.04. The smallest absolute Gasteiger partial charge is 0.229 e. The van der Waals surface area contributed by atoms with Gasteiger partial charge in [0.25, 0.3) is 0 Å². The highest BCUT2D eigenvalue weighted by Gasteiger charge is 2.16. The number of anilines is 4. The molecule has 0 saturated heterocycles. The monoisotopic (exact) mass is 431 g/mol. The molecule has 0 aliphatic carbocycles. The minimum atomic E-state index is 0.313. The fraction of sp³-hybridized carbons (Fsp3) is 0.0769. The number of aromatic nitrogens is 2. The second kappa shape index (κ2) is 8.70. The number of benzene rings is 3. The van der Waals surface area contributed by atoms with Crippen LogP contribution in [0.1, 0.15) is 22.3 Å². The largest absolute Gasteiger partial charge is 0.399 e. The summed E-state index contributed by atoms with van der Waals surface area (Å²) in [5.41, 5.74) is 19.9. The zero-order valence-electron chi connectivity index (χ0n) is 18.2. The highest BCUT2D eigenvalue weighted by atomic mass is 15.1. The molecule has 4 aromatic rings. The van der Waals surface area contributed by atoms with Gasteiger partial charge in [-0.1, -0.05) is 12.1 Å². The Morgan fingerprint density at radius 1 is 0.939 bits per heavy atom. The summed E-state index contributed by atoms with van der Waals surface area (Å²) in [6.07, 6.45) is 3.24. The lowest BCUT2D eigenvalue weighted by atomic mass is 9.91. The van der Waals surface area contributed by atoms with E-state index in [9.17, 15) is 0 Å². The Hall–Kier alpha value is -4.88. The summed E-state index contributed by atoms with van der Waals surface area (Å²) >= 11 is 0. The van der Waals surface area contributed by atoms with E-state index in [1.807, 2.05) is 38.1 Å². The molecule has 160 valence electrons. The van der Waals surface area contributed by atoms with Crippen molar-refractivity contribution in [3.8, 4) is 23.3 Å². The van der Waals surface area contributed by atoms with Crippen molar-refractivity contribution in [1.82, 2.24) is 9.97 Å². The highest BCUT2D eigenvalue weighted by molar-refractivity contribution is 6.02. The molecule has 0 aliphatic rings. The van der Waals surface area contributed by atoms with Crippen LogP contribution in [0.5, 0.6) is 0 Å². The molecule has 1 aromatic heterocycles. The van der Waals surface area contributed by atoms with Gasteiger partial charge in [-0.05, 0) is 78.6 Å². The molecule has 3 aromatic carbocycles. The number of nitrogen functional groups attached to an aromatic ring is 2. The van der Waals surface area contributed by atoms with E-state index in [1.54, 1.807) is 36.4 Å². The van der Waals surface area contributed by atoms with E-state index in [1.165, 1.54) is 6.08 Å². The third kappa shape index (κ3) is 4.30. The predicted molar refractivity (Wildman–Crippen MR) is 132 cm³/mol. The van der Waals surface area contributed by atoms with Crippen LogP contribution in [-0.4, -0.2) is 9.97 Å². The minimum Gasteiger partial charge on any atom is -0.399 e. The van der Waals surface area contributed by atoms with Crippen molar-refractivity contribution in [3.63, 3.8) is 0 Å². The number of rotatable bonds is 4. The van der Waals surface area contributed by atoms with Crippen molar-refractivity contribution in [2.24, 2.45) is 0 Å². The molecule has 0 fully saturated rings. The number of nitrogens with two attached hydrogens (primary N) is 2. The Kier molecular flexibility index (Phi) is 5.63. The van der Waals surface area contributed by atoms with Gasteiger partial charge in [0.15, 0.2) is 0 Å². The van der Waals surface area contributed by atoms with Crippen LogP contribution in [0.25, 0.3) is 28.1 Å². The average molecular weight is 432 g/mol. The number of fused-ring (bicyclic) bond motifs is 1. The highest BCUT2D eigenvalue weighted by Crippen LogP contribution is 2.37. The number of hydrogen-bond donors (Lipinski definition) is 3. The summed E-state index contributed by atoms with van der Waals surface area (Å²) in [7, 11) is 0. The number of nitrogens with zero attached hydrogens (tertiary/aromatic N) is 4. The molecule has 33 heavy (non-hydrogen) atoms. The summed E-state index contributed by atoms with van der Waals surface area (Å²) in [5, 5.41) is 21.7. The lowest BCUT2D eigenvalue weighted by Gasteiger charge is -2.16. The first-order chi connectivity index (χ1) is 15.9. The fourth-order valence-electron chi connectivity index (χ4n) is 3.93. The van der Waals surface area contributed by atoms with Gasteiger partial charge in [0.1, 0.15) is 5.82 Å². The maximum atomic E-state index is 9.00. The minimum absolute atomic E-state index is 0.313. The van der Waals surface area contributed by atoms with Crippen LogP contribution in [0, 0.1) is 36.5 Å². The van der Waals surface area contributed by atoms with Crippen molar-refractivity contribution >= 4 is 40.1 Å². The molecule has 0 atom stereocenters. The Morgan fingerprint density at radius 3 is 2.27 bits per heavy atom. The molecule has 0 amide bonds. The zero-order chi connectivity index (χ0) is 23.5. The molecule has 0 saturated carbocycles. The van der Waals surface area contributed by atoms with Gasteiger partial charge in [-0.25, -0.2) is 4.98 Å². The molecule has 1 heterocycles. The summed E-state index contributed by atoms with van der Waals surface area (Å²) in [6, 6.07) is 18.8. The van der Waals surface area contributed by atoms with Crippen LogP contribution in [0.3, 0.4) is 0 Å². The van der Waals surface area contributed by atoms with Crippen molar-refractivity contribution in [2.75, 3.05) is 16.8 Å². The van der Waals surface area contributed by atoms with E-state index in [0.717, 1.165) is 33.5 Å². The van der Waals surface area contributed by atoms with Gasteiger partial charge in [0, 0.05) is 28.4 Å². The number of aryl methyl sites for hydroxylation is 2. The van der Waals surface area contributed by atoms with Crippen LogP contribution >= 0.6 is 0 Å². The Labute approximate surface area is 191 Å². The topological polar surface area (TPSA) is 137 Å². The van der Waals surface area contributed by atoms with E-state index in [2.05, 4.69) is 16.4 Å². The first-order valence-electron chi connectivity index (χ1n) is 10.2. The standard InChI is InChI=1S/C26H21N7/c1-15-10-18(4-3-9-27)11-16(2)23(15)21-12-19(29)13-22-24(21)32-26(33-25(22)30)31-20-7-5-17(14-28)6-8-20/h3-8,10-13H,29H2,1-2H3,(H3,30,31,32,33)/b4-3+. The van der Waals surface area contributed by atoms with Crippen LogP contribution in [0.4, 0.5) is 23.1 Å². The molecule has 7 heteroatoms. The summed E-state index contributed by atoms with van der Waals surface area (Å²) in [5.74, 6) is 0.660. The number of nitrogens with one attached hydrogen (secondary N) is 1. The van der Waals surface area contributed by atoms with E-state index in [4.69, 9.17) is 27.0 Å². The van der Waals surface area contributed by atoms with E-state index in [-0.39, 0.29) is 0 Å². The third-order valence-corrected chi connectivity index (χ3v) is 5.30. The van der Waals surface area contributed by atoms with E-state index < -0.39 is 0 Å². The molecule has 0 unspecified atom stereocenters. The molecule has 7 nitrogen and oxygen atoms in total. The third-order valence-electron chi connectivity index (χ3n) is 5.30. The summed E-state index contributed by atoms with van der Waals surface area (Å²) < 4.78 is 0. The van der Waals surface area contributed by atoms with Gasteiger partial charge in [-0.2, -0.15) is 15.5 Å². The van der Waals surface area contributed by atoms with Crippen LogP contribution in [-0.2, 0) is 0 Å². The molecule has 0 bridgehead atoms. The second-order valence-corrected chi connectivity index (χ2v) is 7.70. The maximum Gasteiger partial charge on any atom is 0.229 e. The van der Waals surface area contributed by atoms with Crippen LogP contribution in [0.15, 0.2) is 54.6 Å². The van der Waals surface area contributed by atoms with Gasteiger partial charge in [-0.15, -0.1) is 0 Å². The molecule has 0 radical (unpaired) electrons. The Balaban J connectivity index is 1.88. The lowest BCUT2D eigenvalue weighted by molar-refractivity contribution is 1.22. The fourth-order valence-corrected chi connectivity index (χ4v) is 3.93.